The summed E-state index contributed by atoms with van der Waals surface area (Å²) in [6, 6.07) is 66.5. The lowest BCUT2D eigenvalue weighted by Gasteiger charge is -2.17. The molecule has 0 aliphatic heterocycles. The quantitative estimate of drug-likeness (QED) is 0.132. The molecule has 1 nitrogen and oxygen atoms in total. The van der Waals surface area contributed by atoms with E-state index >= 15 is 0 Å². The van der Waals surface area contributed by atoms with Crippen molar-refractivity contribution in [3.8, 4) is 33.4 Å². The lowest BCUT2D eigenvalue weighted by atomic mass is 9.86. The highest BCUT2D eigenvalue weighted by molar-refractivity contribution is 7.27. The molecule has 10 aromatic carbocycles. The maximum atomic E-state index is 6.74. The number of furan rings is 1. The molecule has 250 valence electrons. The molecule has 2 aromatic heterocycles. The Hall–Kier alpha value is -6.74. The van der Waals surface area contributed by atoms with Crippen molar-refractivity contribution in [2.45, 2.75) is 0 Å². The van der Waals surface area contributed by atoms with E-state index in [0.717, 1.165) is 33.1 Å². The predicted octanol–water partition coefficient (Wildman–Crippen LogP) is 15.6. The van der Waals surface area contributed by atoms with Crippen molar-refractivity contribution in [2.24, 2.45) is 0 Å². The molecule has 12 rings (SSSR count). The maximum Gasteiger partial charge on any atom is 0.136 e. The Balaban J connectivity index is 1.02. The number of hydrogen-bond donors (Lipinski definition) is 0. The number of rotatable bonds is 3. The Morgan fingerprint density at radius 1 is 0.296 bits per heavy atom. The van der Waals surface area contributed by atoms with Crippen LogP contribution in [0.1, 0.15) is 0 Å². The highest BCUT2D eigenvalue weighted by Crippen LogP contribution is 2.47. The van der Waals surface area contributed by atoms with Crippen LogP contribution in [0.15, 0.2) is 186 Å². The van der Waals surface area contributed by atoms with Gasteiger partial charge in [-0.25, -0.2) is 0 Å². The Morgan fingerprint density at radius 2 is 0.759 bits per heavy atom. The minimum absolute atomic E-state index is 0.901. The van der Waals surface area contributed by atoms with Crippen LogP contribution in [0.25, 0.3) is 119 Å². The number of fused-ring (bicyclic) bond motifs is 13. The second-order valence-electron chi connectivity index (χ2n) is 14.3. The van der Waals surface area contributed by atoms with E-state index in [0.29, 0.717) is 0 Å². The molecule has 2 heterocycles. The Morgan fingerprint density at radius 3 is 1.41 bits per heavy atom. The van der Waals surface area contributed by atoms with E-state index in [9.17, 15) is 0 Å². The van der Waals surface area contributed by atoms with Gasteiger partial charge in [0.25, 0.3) is 0 Å². The molecule has 0 saturated carbocycles. The Labute approximate surface area is 314 Å². The van der Waals surface area contributed by atoms with Gasteiger partial charge in [-0.1, -0.05) is 146 Å². The van der Waals surface area contributed by atoms with Crippen molar-refractivity contribution in [2.75, 3.05) is 0 Å². The molecule has 0 spiro atoms. The average molecular weight is 703 g/mol. The van der Waals surface area contributed by atoms with Gasteiger partial charge in [-0.3, -0.25) is 0 Å². The first-order chi connectivity index (χ1) is 26.8. The molecule has 0 amide bonds. The van der Waals surface area contributed by atoms with Gasteiger partial charge in [-0.15, -0.1) is 11.3 Å². The molecule has 0 aliphatic rings. The van der Waals surface area contributed by atoms with Gasteiger partial charge < -0.3 is 4.42 Å². The molecule has 0 atom stereocenters. The summed E-state index contributed by atoms with van der Waals surface area (Å²) in [4.78, 5) is 0. The molecular formula is C52H30OS. The van der Waals surface area contributed by atoms with E-state index in [1.54, 1.807) is 0 Å². The largest absolute Gasteiger partial charge is 0.456 e. The van der Waals surface area contributed by atoms with Crippen LogP contribution in [0.3, 0.4) is 0 Å². The summed E-state index contributed by atoms with van der Waals surface area (Å²) in [6.07, 6.45) is 0. The fourth-order valence-corrected chi connectivity index (χ4v) is 10.3. The maximum absolute atomic E-state index is 6.74. The van der Waals surface area contributed by atoms with Crippen molar-refractivity contribution >= 4 is 96.5 Å². The van der Waals surface area contributed by atoms with E-state index in [1.165, 1.54) is 85.5 Å². The van der Waals surface area contributed by atoms with E-state index < -0.39 is 0 Å². The van der Waals surface area contributed by atoms with Crippen molar-refractivity contribution < 1.29 is 4.42 Å². The molecule has 12 aromatic rings. The van der Waals surface area contributed by atoms with Crippen LogP contribution < -0.4 is 0 Å². The second kappa shape index (κ2) is 11.4. The second-order valence-corrected chi connectivity index (χ2v) is 15.4. The molecule has 0 fully saturated rings. The highest BCUT2D eigenvalue weighted by Gasteiger charge is 2.19. The van der Waals surface area contributed by atoms with Crippen molar-refractivity contribution in [1.82, 2.24) is 0 Å². The van der Waals surface area contributed by atoms with Crippen LogP contribution in [-0.2, 0) is 0 Å². The number of hydrogen-bond acceptors (Lipinski definition) is 2. The number of thiophene rings is 1. The van der Waals surface area contributed by atoms with Crippen LogP contribution in [0.4, 0.5) is 0 Å². The fourth-order valence-electron chi connectivity index (χ4n) is 9.05. The first kappa shape index (κ1) is 29.8. The van der Waals surface area contributed by atoms with Crippen molar-refractivity contribution in [3.05, 3.63) is 182 Å². The third-order valence-corrected chi connectivity index (χ3v) is 12.6. The molecule has 0 aliphatic carbocycles. The standard InChI is InChI=1S/C52H30OS/c1-2-12-31(13-3-1)49-40-17-7-9-19-42(40)50(43-20-10-8-18-41(43)49)34-23-26-38-37-25-22-33(29-46(37)53-47(38)30-34)32-24-27-48-45(28-32)51-39-16-6-4-14-35(39)36-15-5-11-21-44(36)52(51)54-48/h1-30H. The molecular weight excluding hydrogens is 673 g/mol. The summed E-state index contributed by atoms with van der Waals surface area (Å²) in [5.41, 5.74) is 9.05. The van der Waals surface area contributed by atoms with Crippen LogP contribution in [0.2, 0.25) is 0 Å². The SMILES string of the molecule is c1ccc(-c2c3ccccc3c(-c3ccc4c(c3)oc3cc(-c5ccc6sc7c8ccccc8c8ccccc8c7c6c5)ccc34)c3ccccc23)cc1. The number of benzene rings is 10. The first-order valence-corrected chi connectivity index (χ1v) is 19.3. The van der Waals surface area contributed by atoms with Gasteiger partial charge in [0.15, 0.2) is 0 Å². The molecule has 0 unspecified atom stereocenters. The van der Waals surface area contributed by atoms with Crippen LogP contribution in [-0.4, -0.2) is 0 Å². The highest BCUT2D eigenvalue weighted by atomic mass is 32.1. The van der Waals surface area contributed by atoms with Crippen molar-refractivity contribution in [1.29, 1.82) is 0 Å². The van der Waals surface area contributed by atoms with E-state index in [1.807, 2.05) is 11.3 Å². The predicted molar refractivity (Wildman–Crippen MR) is 233 cm³/mol. The van der Waals surface area contributed by atoms with Gasteiger partial charge in [0.2, 0.25) is 0 Å². The van der Waals surface area contributed by atoms with Crippen LogP contribution in [0.5, 0.6) is 0 Å². The van der Waals surface area contributed by atoms with E-state index in [2.05, 4.69) is 182 Å². The van der Waals surface area contributed by atoms with Gasteiger partial charge in [0, 0.05) is 36.3 Å². The van der Waals surface area contributed by atoms with Gasteiger partial charge >= 0.3 is 0 Å². The zero-order valence-electron chi connectivity index (χ0n) is 29.1. The van der Waals surface area contributed by atoms with Gasteiger partial charge in [0.05, 0.1) is 0 Å². The Kier molecular flexibility index (Phi) is 6.28. The smallest absolute Gasteiger partial charge is 0.136 e. The zero-order chi connectivity index (χ0) is 35.3. The lowest BCUT2D eigenvalue weighted by Crippen LogP contribution is -1.90. The lowest BCUT2D eigenvalue weighted by molar-refractivity contribution is 0.669. The summed E-state index contributed by atoms with van der Waals surface area (Å²) in [5.74, 6) is 0. The van der Waals surface area contributed by atoms with Gasteiger partial charge in [0.1, 0.15) is 11.2 Å². The van der Waals surface area contributed by atoms with E-state index in [4.69, 9.17) is 4.42 Å². The summed E-state index contributed by atoms with van der Waals surface area (Å²) < 4.78 is 9.41. The monoisotopic (exact) mass is 702 g/mol. The molecule has 0 bridgehead atoms. The molecule has 2 heteroatoms. The summed E-state index contributed by atoms with van der Waals surface area (Å²) in [5, 5.41) is 15.2. The topological polar surface area (TPSA) is 13.1 Å². The fraction of sp³-hybridized carbons (Fsp3) is 0. The molecule has 54 heavy (non-hydrogen) atoms. The Bertz CT molecular complexity index is 3440. The summed E-state index contributed by atoms with van der Waals surface area (Å²) >= 11 is 1.90. The minimum Gasteiger partial charge on any atom is -0.456 e. The average Bonchev–Trinajstić information content (AvgIpc) is 3.81. The molecule has 0 saturated heterocycles. The minimum atomic E-state index is 0.901. The van der Waals surface area contributed by atoms with Crippen LogP contribution in [0, 0.1) is 0 Å². The third-order valence-electron chi connectivity index (χ3n) is 11.4. The first-order valence-electron chi connectivity index (χ1n) is 18.5. The van der Waals surface area contributed by atoms with Crippen LogP contribution >= 0.6 is 11.3 Å². The normalized spacial score (nSPS) is 12.1. The summed E-state index contributed by atoms with van der Waals surface area (Å²) in [7, 11) is 0. The van der Waals surface area contributed by atoms with Gasteiger partial charge in [-0.05, 0) is 107 Å². The third kappa shape index (κ3) is 4.26. The zero-order valence-corrected chi connectivity index (χ0v) is 30.0. The summed E-state index contributed by atoms with van der Waals surface area (Å²) in [6.45, 7) is 0. The molecule has 0 radical (unpaired) electrons. The van der Waals surface area contributed by atoms with Crippen molar-refractivity contribution in [3.63, 3.8) is 0 Å². The van der Waals surface area contributed by atoms with E-state index in [-0.39, 0.29) is 0 Å². The molecule has 0 N–H and O–H groups in total. The van der Waals surface area contributed by atoms with Gasteiger partial charge in [-0.2, -0.15) is 0 Å².